The van der Waals surface area contributed by atoms with Crippen LogP contribution in [-0.2, 0) is 0 Å². The fourth-order valence-corrected chi connectivity index (χ4v) is 1.06. The normalized spacial score (nSPS) is 9.67. The van der Waals surface area contributed by atoms with Crippen LogP contribution in [0.5, 0.6) is 0 Å². The number of pyridine rings is 1. The molecule has 0 bridgehead atoms. The van der Waals surface area contributed by atoms with E-state index in [-0.39, 0.29) is 11.1 Å². The molecule has 0 amide bonds. The van der Waals surface area contributed by atoms with Crippen molar-refractivity contribution in [2.75, 3.05) is 6.61 Å². The minimum absolute atomic E-state index is 0.265. The Bertz CT molecular complexity index is 401. The topological polar surface area (TPSA) is 87.7 Å². The summed E-state index contributed by atoms with van der Waals surface area (Å²) in [6.45, 7) is 2.09. The van der Waals surface area contributed by atoms with Crippen LogP contribution in [0.4, 0.5) is 0 Å². The van der Waals surface area contributed by atoms with E-state index in [0.717, 1.165) is 10.9 Å². The molecule has 0 aliphatic heterocycles. The van der Waals surface area contributed by atoms with Gasteiger partial charge >= 0.3 is 11.9 Å². The van der Waals surface area contributed by atoms with Crippen molar-refractivity contribution in [2.24, 2.45) is 0 Å². The van der Waals surface area contributed by atoms with E-state index in [1.807, 2.05) is 0 Å². The van der Waals surface area contributed by atoms with Gasteiger partial charge < -0.3 is 10.2 Å². The Hall–Kier alpha value is -2.11. The molecule has 0 radical (unpaired) electrons. The van der Waals surface area contributed by atoms with E-state index >= 15 is 0 Å². The highest BCUT2D eigenvalue weighted by molar-refractivity contribution is 6.00. The Morgan fingerprint density at radius 2 is 1.93 bits per heavy atom. The van der Waals surface area contributed by atoms with Gasteiger partial charge in [0.25, 0.3) is 0 Å². The summed E-state index contributed by atoms with van der Waals surface area (Å²) in [7, 11) is 0. The van der Waals surface area contributed by atoms with Crippen LogP contribution in [0.3, 0.4) is 0 Å². The lowest BCUT2D eigenvalue weighted by Gasteiger charge is -1.99. The van der Waals surface area contributed by atoms with Gasteiger partial charge in [-0.2, -0.15) is 0 Å². The molecule has 1 aromatic heterocycles. The molecule has 0 aromatic carbocycles. The number of hydrogen-bond donors (Lipinski definition) is 2. The van der Waals surface area contributed by atoms with Crippen molar-refractivity contribution in [2.45, 2.75) is 6.92 Å². The third-order valence-electron chi connectivity index (χ3n) is 1.67. The summed E-state index contributed by atoms with van der Waals surface area (Å²) in [6, 6.07) is 1.18. The average molecular weight is 212 g/mol. The van der Waals surface area contributed by atoms with E-state index in [1.54, 1.807) is 6.92 Å². The van der Waals surface area contributed by atoms with E-state index in [2.05, 4.69) is 0 Å². The monoisotopic (exact) mass is 212 g/mol. The quantitative estimate of drug-likeness (QED) is 0.676. The molecule has 0 saturated carbocycles. The van der Waals surface area contributed by atoms with Gasteiger partial charge in [0.15, 0.2) is 6.61 Å². The number of carboxylic acids is 2. The maximum Gasteiger partial charge on any atom is 0.342 e. The lowest BCUT2D eigenvalue weighted by atomic mass is 10.1. The van der Waals surface area contributed by atoms with E-state index in [1.165, 1.54) is 12.3 Å². The van der Waals surface area contributed by atoms with Crippen molar-refractivity contribution in [1.82, 2.24) is 0 Å². The molecule has 80 valence electrons. The standard InChI is InChI=1S/C9H9NO5/c1-2-15-10-4-3-6(8(11)12)7(5-10)9(13)14/h3-5H,2H2,1H3,(H-,11,12,13,14)/p+1. The van der Waals surface area contributed by atoms with Gasteiger partial charge in [0.1, 0.15) is 5.56 Å². The molecular weight excluding hydrogens is 202 g/mol. The number of carbonyl (C=O) groups is 2. The minimum Gasteiger partial charge on any atom is -0.478 e. The molecular formula is C9H10NO5+. The van der Waals surface area contributed by atoms with Gasteiger partial charge in [0.2, 0.25) is 12.4 Å². The van der Waals surface area contributed by atoms with Crippen molar-refractivity contribution in [1.29, 1.82) is 0 Å². The number of carboxylic acid groups (broad SMARTS) is 2. The largest absolute Gasteiger partial charge is 0.478 e. The SMILES string of the molecule is CCO[n+]1ccc(C(=O)O)c(C(=O)O)c1. The molecule has 6 nitrogen and oxygen atoms in total. The van der Waals surface area contributed by atoms with Gasteiger partial charge in [-0.05, 0) is 6.92 Å². The molecule has 0 atom stereocenters. The van der Waals surface area contributed by atoms with Gasteiger partial charge in [0, 0.05) is 10.8 Å². The molecule has 0 fully saturated rings. The van der Waals surface area contributed by atoms with Crippen molar-refractivity contribution < 1.29 is 29.4 Å². The first-order chi connectivity index (χ1) is 7.06. The number of nitrogens with zero attached hydrogens (tertiary/aromatic N) is 1. The lowest BCUT2D eigenvalue weighted by Crippen LogP contribution is -2.43. The fourth-order valence-electron chi connectivity index (χ4n) is 1.06. The second-order valence-corrected chi connectivity index (χ2v) is 2.66. The zero-order chi connectivity index (χ0) is 11.4. The minimum atomic E-state index is -1.30. The number of aromatic carboxylic acids is 2. The van der Waals surface area contributed by atoms with Gasteiger partial charge in [-0.15, -0.1) is 0 Å². The van der Waals surface area contributed by atoms with E-state index in [0.29, 0.717) is 6.61 Å². The Morgan fingerprint density at radius 3 is 2.40 bits per heavy atom. The van der Waals surface area contributed by atoms with Crippen LogP contribution in [0, 0.1) is 0 Å². The van der Waals surface area contributed by atoms with Crippen molar-refractivity contribution in [3.63, 3.8) is 0 Å². The number of hydrogen-bond acceptors (Lipinski definition) is 3. The van der Waals surface area contributed by atoms with Crippen LogP contribution in [0.15, 0.2) is 18.5 Å². The highest BCUT2D eigenvalue weighted by atomic mass is 16.7. The third kappa shape index (κ3) is 2.43. The molecule has 0 aliphatic rings. The van der Waals surface area contributed by atoms with Crippen LogP contribution in [0.25, 0.3) is 0 Å². The molecule has 6 heteroatoms. The molecule has 2 N–H and O–H groups in total. The zero-order valence-corrected chi connectivity index (χ0v) is 8.01. The molecule has 1 aromatic rings. The summed E-state index contributed by atoms with van der Waals surface area (Å²) in [5, 5.41) is 17.5. The Morgan fingerprint density at radius 1 is 1.33 bits per heavy atom. The highest BCUT2D eigenvalue weighted by Gasteiger charge is 2.21. The number of aromatic nitrogens is 1. The third-order valence-corrected chi connectivity index (χ3v) is 1.67. The second-order valence-electron chi connectivity index (χ2n) is 2.66. The van der Waals surface area contributed by atoms with Crippen molar-refractivity contribution in [3.05, 3.63) is 29.6 Å². The molecule has 0 unspecified atom stereocenters. The van der Waals surface area contributed by atoms with Crippen LogP contribution < -0.4 is 9.57 Å². The van der Waals surface area contributed by atoms with E-state index < -0.39 is 11.9 Å². The predicted molar refractivity (Wildman–Crippen MR) is 47.7 cm³/mol. The van der Waals surface area contributed by atoms with Crippen LogP contribution in [-0.4, -0.2) is 28.8 Å². The van der Waals surface area contributed by atoms with E-state index in [9.17, 15) is 9.59 Å². The molecule has 0 spiro atoms. The molecule has 0 aliphatic carbocycles. The summed E-state index contributed by atoms with van der Waals surface area (Å²) >= 11 is 0. The number of rotatable bonds is 4. The maximum atomic E-state index is 10.8. The fraction of sp³-hybridized carbons (Fsp3) is 0.222. The summed E-state index contributed by atoms with van der Waals surface area (Å²) in [6.07, 6.45) is 2.47. The van der Waals surface area contributed by atoms with Gasteiger partial charge in [-0.3, -0.25) is 4.84 Å². The summed E-state index contributed by atoms with van der Waals surface area (Å²) in [5.74, 6) is -2.59. The van der Waals surface area contributed by atoms with Crippen molar-refractivity contribution >= 4 is 11.9 Å². The van der Waals surface area contributed by atoms with Crippen LogP contribution >= 0.6 is 0 Å². The molecule has 0 saturated heterocycles. The highest BCUT2D eigenvalue weighted by Crippen LogP contribution is 2.05. The first kappa shape index (κ1) is 11.0. The second kappa shape index (κ2) is 4.41. The van der Waals surface area contributed by atoms with Gasteiger partial charge in [-0.1, -0.05) is 0 Å². The molecule has 15 heavy (non-hydrogen) atoms. The first-order valence-corrected chi connectivity index (χ1v) is 4.21. The summed E-state index contributed by atoms with van der Waals surface area (Å²) in [4.78, 5) is 26.4. The van der Waals surface area contributed by atoms with E-state index in [4.69, 9.17) is 15.1 Å². The Labute approximate surface area is 85.3 Å². The van der Waals surface area contributed by atoms with Gasteiger partial charge in [0.05, 0.1) is 5.56 Å². The first-order valence-electron chi connectivity index (χ1n) is 4.21. The molecule has 1 rings (SSSR count). The van der Waals surface area contributed by atoms with Crippen LogP contribution in [0.2, 0.25) is 0 Å². The Balaban J connectivity index is 3.21. The predicted octanol–water partition coefficient (Wildman–Crippen LogP) is -0.181. The Kier molecular flexibility index (Phi) is 3.22. The maximum absolute atomic E-state index is 10.8. The summed E-state index contributed by atoms with van der Waals surface area (Å²) in [5.41, 5.74) is -0.572. The van der Waals surface area contributed by atoms with Crippen LogP contribution in [0.1, 0.15) is 27.6 Å². The van der Waals surface area contributed by atoms with Gasteiger partial charge in [-0.25, -0.2) is 9.59 Å². The zero-order valence-electron chi connectivity index (χ0n) is 8.01. The molecule has 1 heterocycles. The average Bonchev–Trinajstić information content (AvgIpc) is 2.17. The van der Waals surface area contributed by atoms with Crippen molar-refractivity contribution in [3.8, 4) is 0 Å². The summed E-state index contributed by atoms with van der Waals surface area (Å²) < 4.78 is 1.16. The lowest BCUT2D eigenvalue weighted by molar-refractivity contribution is -0.891. The smallest absolute Gasteiger partial charge is 0.342 e.